The van der Waals surface area contributed by atoms with E-state index in [1.807, 2.05) is 0 Å². The third-order valence-electron chi connectivity index (χ3n) is 3.86. The normalized spacial score (nSPS) is 13.0. The minimum Gasteiger partial charge on any atom is -0.325 e. The number of benzene rings is 2. The quantitative estimate of drug-likeness (QED) is 0.653. The van der Waals surface area contributed by atoms with Gasteiger partial charge in [-0.15, -0.1) is 0 Å². The van der Waals surface area contributed by atoms with Crippen molar-refractivity contribution in [3.63, 3.8) is 0 Å². The third-order valence-corrected chi connectivity index (χ3v) is 5.88. The molecule has 0 aliphatic carbocycles. The molecule has 1 aromatic heterocycles. The second kappa shape index (κ2) is 7.67. The number of hydrogen-bond donors (Lipinski definition) is 2. The van der Waals surface area contributed by atoms with Crippen LogP contribution in [0.25, 0.3) is 11.0 Å². The number of nitrogens with zero attached hydrogens (tertiary/aromatic N) is 2. The maximum Gasteiger partial charge on any atom is 0.243 e. The topological polar surface area (TPSA) is 101 Å². The summed E-state index contributed by atoms with van der Waals surface area (Å²) in [5.74, 6) is -1.43. The van der Waals surface area contributed by atoms with Crippen molar-refractivity contribution >= 4 is 44.4 Å². The van der Waals surface area contributed by atoms with Crippen LogP contribution in [0.15, 0.2) is 47.4 Å². The van der Waals surface area contributed by atoms with E-state index >= 15 is 0 Å². The Labute approximate surface area is 160 Å². The van der Waals surface area contributed by atoms with E-state index in [1.165, 1.54) is 24.3 Å². The zero-order valence-corrected chi connectivity index (χ0v) is 16.1. The van der Waals surface area contributed by atoms with Crippen LogP contribution in [0.5, 0.6) is 0 Å². The lowest BCUT2D eigenvalue weighted by molar-refractivity contribution is -0.118. The summed E-state index contributed by atoms with van der Waals surface area (Å²) in [7, 11) is -4.03. The molecule has 0 saturated heterocycles. The molecule has 27 heavy (non-hydrogen) atoms. The van der Waals surface area contributed by atoms with Gasteiger partial charge in [0.25, 0.3) is 0 Å². The van der Waals surface area contributed by atoms with Gasteiger partial charge in [0.05, 0.1) is 11.7 Å². The van der Waals surface area contributed by atoms with Crippen molar-refractivity contribution in [2.45, 2.75) is 24.8 Å². The van der Waals surface area contributed by atoms with Crippen molar-refractivity contribution in [1.29, 1.82) is 0 Å². The van der Waals surface area contributed by atoms with Crippen molar-refractivity contribution in [2.75, 3.05) is 5.32 Å². The maximum absolute atomic E-state index is 13.3. The number of carbonyl (C=O) groups is 1. The van der Waals surface area contributed by atoms with Gasteiger partial charge >= 0.3 is 0 Å². The molecule has 0 aliphatic rings. The van der Waals surface area contributed by atoms with E-state index in [9.17, 15) is 17.6 Å². The Morgan fingerprint density at radius 3 is 2.59 bits per heavy atom. The molecule has 0 radical (unpaired) electrons. The van der Waals surface area contributed by atoms with E-state index in [2.05, 4.69) is 18.8 Å². The van der Waals surface area contributed by atoms with Crippen molar-refractivity contribution < 1.29 is 17.6 Å². The smallest absolute Gasteiger partial charge is 0.243 e. The Kier molecular flexibility index (Phi) is 5.49. The fraction of sp³-hybridized carbons (Fsp3) is 0.235. The highest BCUT2D eigenvalue weighted by atomic mass is 32.2. The van der Waals surface area contributed by atoms with Gasteiger partial charge in [0.2, 0.25) is 15.9 Å². The number of aromatic nitrogens is 2. The van der Waals surface area contributed by atoms with E-state index in [1.54, 1.807) is 26.0 Å². The largest absolute Gasteiger partial charge is 0.325 e. The third kappa shape index (κ3) is 4.29. The van der Waals surface area contributed by atoms with Crippen LogP contribution in [-0.4, -0.2) is 29.1 Å². The number of carbonyl (C=O) groups excluding carboxylic acids is 1. The number of halogens is 1. The van der Waals surface area contributed by atoms with Gasteiger partial charge in [-0.3, -0.25) is 4.79 Å². The molecule has 3 rings (SSSR count). The lowest BCUT2D eigenvalue weighted by Crippen LogP contribution is -2.47. The molecule has 1 amide bonds. The van der Waals surface area contributed by atoms with Gasteiger partial charge in [-0.1, -0.05) is 26.0 Å². The molecule has 1 heterocycles. The van der Waals surface area contributed by atoms with Crippen molar-refractivity contribution in [3.8, 4) is 0 Å². The summed E-state index contributed by atoms with van der Waals surface area (Å²) in [6, 6.07) is 8.97. The van der Waals surface area contributed by atoms with Crippen molar-refractivity contribution in [1.82, 2.24) is 13.5 Å². The summed E-state index contributed by atoms with van der Waals surface area (Å²) >= 11 is 0.911. The predicted octanol–water partition coefficient (Wildman–Crippen LogP) is 2.77. The molecular formula is C17H17FN4O3S2. The van der Waals surface area contributed by atoms with Crippen LogP contribution in [0, 0.1) is 11.7 Å². The highest BCUT2D eigenvalue weighted by Gasteiger charge is 2.30. The number of sulfonamides is 1. The van der Waals surface area contributed by atoms with Crippen LogP contribution in [0.4, 0.5) is 10.1 Å². The fourth-order valence-electron chi connectivity index (χ4n) is 2.51. The molecule has 0 unspecified atom stereocenters. The second-order valence-corrected chi connectivity index (χ2v) is 8.44. The number of hydrogen-bond acceptors (Lipinski definition) is 6. The van der Waals surface area contributed by atoms with Gasteiger partial charge < -0.3 is 5.32 Å². The van der Waals surface area contributed by atoms with Crippen LogP contribution >= 0.6 is 11.7 Å². The molecule has 7 nitrogen and oxygen atoms in total. The van der Waals surface area contributed by atoms with Crippen LogP contribution in [0.1, 0.15) is 13.8 Å². The summed E-state index contributed by atoms with van der Waals surface area (Å²) in [5, 5.41) is 2.54. The Balaban J connectivity index is 1.87. The number of anilines is 1. The maximum atomic E-state index is 13.3. The first-order chi connectivity index (χ1) is 12.8. The second-order valence-electron chi connectivity index (χ2n) is 6.23. The van der Waals surface area contributed by atoms with E-state index in [4.69, 9.17) is 0 Å². The number of rotatable bonds is 6. The number of fused-ring (bicyclic) bond motifs is 1. The van der Waals surface area contributed by atoms with Crippen LogP contribution < -0.4 is 10.0 Å². The molecule has 0 aliphatic heterocycles. The fourth-order valence-corrected chi connectivity index (χ4v) is 4.62. The molecular weight excluding hydrogens is 391 g/mol. The summed E-state index contributed by atoms with van der Waals surface area (Å²) in [4.78, 5) is 12.6. The zero-order valence-electron chi connectivity index (χ0n) is 14.5. The Hall–Kier alpha value is -2.43. The van der Waals surface area contributed by atoms with E-state index < -0.39 is 27.8 Å². The van der Waals surface area contributed by atoms with Gasteiger partial charge in [0.1, 0.15) is 27.8 Å². The minimum atomic E-state index is -4.03. The highest BCUT2D eigenvalue weighted by Crippen LogP contribution is 2.22. The van der Waals surface area contributed by atoms with Gasteiger partial charge in [-0.25, -0.2) is 12.8 Å². The van der Waals surface area contributed by atoms with Crippen molar-refractivity contribution in [3.05, 3.63) is 48.3 Å². The monoisotopic (exact) mass is 408 g/mol. The lowest BCUT2D eigenvalue weighted by Gasteiger charge is -2.21. The minimum absolute atomic E-state index is 0.0436. The standard InChI is InChI=1S/C17H17FN4O3S2/c1-10(2)15(17(23)19-12-6-3-5-11(18)9-12)22-27(24,25)14-8-4-7-13-16(14)21-26-20-13/h3-10,15,22H,1-2H3,(H,19,23)/t15-/m0/s1. The van der Waals surface area contributed by atoms with E-state index in [-0.39, 0.29) is 22.0 Å². The lowest BCUT2D eigenvalue weighted by atomic mass is 10.0. The summed E-state index contributed by atoms with van der Waals surface area (Å²) in [6.45, 7) is 3.42. The van der Waals surface area contributed by atoms with Crippen LogP contribution in [0.3, 0.4) is 0 Å². The van der Waals surface area contributed by atoms with Gasteiger partial charge in [0, 0.05) is 5.69 Å². The summed E-state index contributed by atoms with van der Waals surface area (Å²) in [5.41, 5.74) is 0.965. The van der Waals surface area contributed by atoms with Crippen LogP contribution in [-0.2, 0) is 14.8 Å². The molecule has 0 bridgehead atoms. The number of amides is 1. The average molecular weight is 408 g/mol. The van der Waals surface area contributed by atoms with Gasteiger partial charge in [-0.05, 0) is 36.2 Å². The first kappa shape index (κ1) is 19.3. The Morgan fingerprint density at radius 2 is 1.89 bits per heavy atom. The zero-order chi connectivity index (χ0) is 19.6. The van der Waals surface area contributed by atoms with Crippen molar-refractivity contribution in [2.24, 2.45) is 5.92 Å². The average Bonchev–Trinajstić information content (AvgIpc) is 3.08. The molecule has 10 heteroatoms. The summed E-state index contributed by atoms with van der Waals surface area (Å²) in [6.07, 6.45) is 0. The van der Waals surface area contributed by atoms with Crippen LogP contribution in [0.2, 0.25) is 0 Å². The summed E-state index contributed by atoms with van der Waals surface area (Å²) < 4.78 is 49.5. The molecule has 0 fully saturated rings. The molecule has 0 saturated carbocycles. The Bertz CT molecular complexity index is 1080. The first-order valence-electron chi connectivity index (χ1n) is 8.08. The molecule has 2 N–H and O–H groups in total. The SMILES string of the molecule is CC(C)[C@H](NS(=O)(=O)c1cccc2nsnc12)C(=O)Nc1cccc(F)c1. The molecule has 0 spiro atoms. The molecule has 2 aromatic carbocycles. The Morgan fingerprint density at radius 1 is 1.15 bits per heavy atom. The van der Waals surface area contributed by atoms with E-state index in [0.717, 1.165) is 17.8 Å². The van der Waals surface area contributed by atoms with Gasteiger partial charge in [-0.2, -0.15) is 13.5 Å². The number of nitrogens with one attached hydrogen (secondary N) is 2. The van der Waals surface area contributed by atoms with E-state index in [0.29, 0.717) is 5.52 Å². The molecule has 3 aromatic rings. The molecule has 1 atom stereocenters. The van der Waals surface area contributed by atoms with Gasteiger partial charge in [0.15, 0.2) is 0 Å². The molecule has 142 valence electrons. The first-order valence-corrected chi connectivity index (χ1v) is 10.3. The highest BCUT2D eigenvalue weighted by molar-refractivity contribution is 7.89. The predicted molar refractivity (Wildman–Crippen MR) is 101 cm³/mol.